The minimum atomic E-state index is -3.16. The molecule has 0 spiro atoms. The molecule has 0 bridgehead atoms. The van der Waals surface area contributed by atoms with E-state index in [0.717, 1.165) is 12.2 Å². The maximum absolute atomic E-state index is 11.6. The SMILES string of the molecule is CCn1c2ccccc2c2cc(CNc3ccc(S(C)(=O)=O)cc3)ccc21. The van der Waals surface area contributed by atoms with E-state index in [1.165, 1.54) is 33.6 Å². The monoisotopic (exact) mass is 378 g/mol. The number of rotatable bonds is 5. The van der Waals surface area contributed by atoms with E-state index in [1.54, 1.807) is 24.3 Å². The van der Waals surface area contributed by atoms with E-state index in [0.29, 0.717) is 11.4 Å². The smallest absolute Gasteiger partial charge is 0.175 e. The Morgan fingerprint density at radius 1 is 0.889 bits per heavy atom. The lowest BCUT2D eigenvalue weighted by atomic mass is 10.1. The number of para-hydroxylation sites is 1. The van der Waals surface area contributed by atoms with Crippen LogP contribution in [0.2, 0.25) is 0 Å². The zero-order valence-corrected chi connectivity index (χ0v) is 16.3. The topological polar surface area (TPSA) is 51.1 Å². The molecule has 1 heterocycles. The van der Waals surface area contributed by atoms with Gasteiger partial charge in [-0.2, -0.15) is 0 Å². The molecule has 0 aliphatic heterocycles. The fraction of sp³-hybridized carbons (Fsp3) is 0.182. The first-order valence-electron chi connectivity index (χ1n) is 9.01. The summed E-state index contributed by atoms with van der Waals surface area (Å²) in [5, 5.41) is 5.91. The van der Waals surface area contributed by atoms with E-state index in [4.69, 9.17) is 0 Å². The largest absolute Gasteiger partial charge is 0.381 e. The number of hydrogen-bond acceptors (Lipinski definition) is 3. The highest BCUT2D eigenvalue weighted by molar-refractivity contribution is 7.90. The van der Waals surface area contributed by atoms with Crippen LogP contribution < -0.4 is 5.32 Å². The standard InChI is InChI=1S/C22H22N2O2S/c1-3-24-21-7-5-4-6-19(21)20-14-16(8-13-22(20)24)15-23-17-9-11-18(12-10-17)27(2,25)26/h4-14,23H,3,15H2,1-2H3. The number of sulfone groups is 1. The molecule has 138 valence electrons. The Kier molecular flexibility index (Phi) is 4.40. The third-order valence-electron chi connectivity index (χ3n) is 4.93. The average Bonchev–Trinajstić information content (AvgIpc) is 2.99. The van der Waals surface area contributed by atoms with Gasteiger partial charge in [0.25, 0.3) is 0 Å². The number of aryl methyl sites for hydroxylation is 1. The van der Waals surface area contributed by atoms with Gasteiger partial charge in [0.05, 0.1) is 4.90 Å². The molecule has 27 heavy (non-hydrogen) atoms. The normalized spacial score (nSPS) is 11.9. The van der Waals surface area contributed by atoms with Gasteiger partial charge in [0.1, 0.15) is 0 Å². The van der Waals surface area contributed by atoms with Crippen molar-refractivity contribution in [3.63, 3.8) is 0 Å². The number of benzene rings is 3. The Morgan fingerprint density at radius 2 is 1.59 bits per heavy atom. The van der Waals surface area contributed by atoms with Crippen molar-refractivity contribution < 1.29 is 8.42 Å². The maximum atomic E-state index is 11.6. The van der Waals surface area contributed by atoms with E-state index in [9.17, 15) is 8.42 Å². The number of fused-ring (bicyclic) bond motifs is 3. The summed E-state index contributed by atoms with van der Waals surface area (Å²) in [6.07, 6.45) is 1.22. The summed E-state index contributed by atoms with van der Waals surface area (Å²) >= 11 is 0. The van der Waals surface area contributed by atoms with Gasteiger partial charge in [-0.15, -0.1) is 0 Å². The third-order valence-corrected chi connectivity index (χ3v) is 6.06. The van der Waals surface area contributed by atoms with Crippen molar-refractivity contribution in [3.05, 3.63) is 72.3 Å². The van der Waals surface area contributed by atoms with Crippen LogP contribution >= 0.6 is 0 Å². The minimum Gasteiger partial charge on any atom is -0.381 e. The second kappa shape index (κ2) is 6.74. The van der Waals surface area contributed by atoms with Crippen molar-refractivity contribution in [2.75, 3.05) is 11.6 Å². The number of nitrogens with zero attached hydrogens (tertiary/aromatic N) is 1. The van der Waals surface area contributed by atoms with Crippen LogP contribution in [0, 0.1) is 0 Å². The van der Waals surface area contributed by atoms with E-state index >= 15 is 0 Å². The van der Waals surface area contributed by atoms with E-state index in [-0.39, 0.29) is 0 Å². The highest BCUT2D eigenvalue weighted by Gasteiger charge is 2.10. The first kappa shape index (κ1) is 17.6. The molecule has 0 radical (unpaired) electrons. The van der Waals surface area contributed by atoms with Crippen molar-refractivity contribution in [1.29, 1.82) is 0 Å². The highest BCUT2D eigenvalue weighted by atomic mass is 32.2. The van der Waals surface area contributed by atoms with Gasteiger partial charge in [0.2, 0.25) is 0 Å². The van der Waals surface area contributed by atoms with Crippen molar-refractivity contribution in [3.8, 4) is 0 Å². The van der Waals surface area contributed by atoms with Crippen molar-refractivity contribution in [2.45, 2.75) is 24.9 Å². The summed E-state index contributed by atoms with van der Waals surface area (Å²) in [5.74, 6) is 0. The van der Waals surface area contributed by atoms with Gasteiger partial charge in [-0.3, -0.25) is 0 Å². The Labute approximate surface area is 159 Å². The molecule has 0 saturated carbocycles. The number of hydrogen-bond donors (Lipinski definition) is 1. The Bertz CT molecular complexity index is 1220. The van der Waals surface area contributed by atoms with Crippen LogP contribution in [-0.2, 0) is 22.9 Å². The van der Waals surface area contributed by atoms with Gasteiger partial charge >= 0.3 is 0 Å². The molecule has 1 aromatic heterocycles. The van der Waals surface area contributed by atoms with Crippen molar-refractivity contribution >= 4 is 37.3 Å². The molecule has 0 aliphatic rings. The van der Waals surface area contributed by atoms with Crippen LogP contribution in [0.25, 0.3) is 21.8 Å². The zero-order chi connectivity index (χ0) is 19.0. The van der Waals surface area contributed by atoms with Crippen molar-refractivity contribution in [2.24, 2.45) is 0 Å². The predicted molar refractivity (Wildman–Crippen MR) is 112 cm³/mol. The molecule has 5 heteroatoms. The Hall–Kier alpha value is -2.79. The lowest BCUT2D eigenvalue weighted by molar-refractivity contribution is 0.602. The van der Waals surface area contributed by atoms with Crippen LogP contribution in [-0.4, -0.2) is 19.2 Å². The fourth-order valence-corrected chi connectivity index (χ4v) is 4.21. The van der Waals surface area contributed by atoms with Crippen LogP contribution in [0.3, 0.4) is 0 Å². The van der Waals surface area contributed by atoms with Crippen LogP contribution in [0.4, 0.5) is 5.69 Å². The maximum Gasteiger partial charge on any atom is 0.175 e. The second-order valence-electron chi connectivity index (χ2n) is 6.76. The molecule has 4 nitrogen and oxygen atoms in total. The summed E-state index contributed by atoms with van der Waals surface area (Å²) in [6, 6.07) is 21.9. The van der Waals surface area contributed by atoms with Crippen LogP contribution in [0.15, 0.2) is 71.6 Å². The summed E-state index contributed by atoms with van der Waals surface area (Å²) in [5.41, 5.74) is 4.60. The summed E-state index contributed by atoms with van der Waals surface area (Å²) in [4.78, 5) is 0.335. The number of aromatic nitrogens is 1. The van der Waals surface area contributed by atoms with E-state index < -0.39 is 9.84 Å². The molecule has 4 rings (SSSR count). The molecule has 4 aromatic rings. The molecule has 1 N–H and O–H groups in total. The van der Waals surface area contributed by atoms with Gasteiger partial charge in [-0.25, -0.2) is 8.42 Å². The third kappa shape index (κ3) is 3.30. The summed E-state index contributed by atoms with van der Waals surface area (Å²) < 4.78 is 25.5. The Balaban J connectivity index is 1.62. The van der Waals surface area contributed by atoms with Gasteiger partial charge in [-0.1, -0.05) is 24.3 Å². The predicted octanol–water partition coefficient (Wildman–Crippen LogP) is 4.83. The Morgan fingerprint density at radius 3 is 2.30 bits per heavy atom. The lowest BCUT2D eigenvalue weighted by Gasteiger charge is -2.08. The van der Waals surface area contributed by atoms with Gasteiger partial charge < -0.3 is 9.88 Å². The van der Waals surface area contributed by atoms with Crippen molar-refractivity contribution in [1.82, 2.24) is 4.57 Å². The highest BCUT2D eigenvalue weighted by Crippen LogP contribution is 2.29. The molecule has 0 unspecified atom stereocenters. The van der Waals surface area contributed by atoms with Gasteiger partial charge in [0.15, 0.2) is 9.84 Å². The fourth-order valence-electron chi connectivity index (χ4n) is 3.58. The van der Waals surface area contributed by atoms with Crippen LogP contribution in [0.1, 0.15) is 12.5 Å². The summed E-state index contributed by atoms with van der Waals surface area (Å²) in [7, 11) is -3.16. The quantitative estimate of drug-likeness (QED) is 0.541. The van der Waals surface area contributed by atoms with E-state index in [1.807, 2.05) is 0 Å². The van der Waals surface area contributed by atoms with E-state index in [2.05, 4.69) is 59.3 Å². The summed E-state index contributed by atoms with van der Waals surface area (Å²) in [6.45, 7) is 3.79. The zero-order valence-electron chi connectivity index (χ0n) is 15.4. The minimum absolute atomic E-state index is 0.335. The molecular weight excluding hydrogens is 356 g/mol. The number of nitrogens with one attached hydrogen (secondary N) is 1. The molecule has 0 atom stereocenters. The molecule has 0 amide bonds. The first-order chi connectivity index (χ1) is 13.0. The second-order valence-corrected chi connectivity index (χ2v) is 8.78. The van der Waals surface area contributed by atoms with Gasteiger partial charge in [-0.05, 0) is 55.0 Å². The molecule has 0 fully saturated rings. The molecule has 3 aromatic carbocycles. The average molecular weight is 378 g/mol. The first-order valence-corrected chi connectivity index (χ1v) is 10.9. The molecule has 0 aliphatic carbocycles. The molecular formula is C22H22N2O2S. The van der Waals surface area contributed by atoms with Gasteiger partial charge in [0, 0.05) is 46.8 Å². The number of anilines is 1. The molecule has 0 saturated heterocycles. The lowest BCUT2D eigenvalue weighted by Crippen LogP contribution is -2.01. The van der Waals surface area contributed by atoms with Crippen LogP contribution in [0.5, 0.6) is 0 Å².